The van der Waals surface area contributed by atoms with Gasteiger partial charge in [0.1, 0.15) is 0 Å². The number of hydrogen-bond acceptors (Lipinski definition) is 1. The fourth-order valence-electron chi connectivity index (χ4n) is 6.67. The second kappa shape index (κ2) is 9.54. The van der Waals surface area contributed by atoms with E-state index in [1.807, 2.05) is 0 Å². The predicted octanol–water partition coefficient (Wildman–Crippen LogP) is 7.87. The number of fused-ring (bicyclic) bond motifs is 1. The summed E-state index contributed by atoms with van der Waals surface area (Å²) in [6.07, 6.45) is 16.8. The van der Waals surface area contributed by atoms with Crippen LogP contribution >= 0.6 is 0 Å². The van der Waals surface area contributed by atoms with Crippen molar-refractivity contribution < 1.29 is 5.11 Å². The van der Waals surface area contributed by atoms with Crippen LogP contribution in [0.3, 0.4) is 0 Å². The molecule has 1 nitrogen and oxygen atoms in total. The summed E-state index contributed by atoms with van der Waals surface area (Å²) in [5.74, 6) is 4.14. The highest BCUT2D eigenvalue weighted by molar-refractivity contribution is 5.36. The quantitative estimate of drug-likeness (QED) is 0.482. The van der Waals surface area contributed by atoms with Gasteiger partial charge in [-0.2, -0.15) is 0 Å². The highest BCUT2D eigenvalue weighted by atomic mass is 16.3. The number of aliphatic hydroxyl groups excluding tert-OH is 1. The van der Waals surface area contributed by atoms with E-state index in [0.29, 0.717) is 5.41 Å². The molecule has 0 unspecified atom stereocenters. The minimum absolute atomic E-state index is 0.174. The van der Waals surface area contributed by atoms with Gasteiger partial charge in [-0.05, 0) is 91.9 Å². The topological polar surface area (TPSA) is 20.2 Å². The molecule has 29 heavy (non-hydrogen) atoms. The molecule has 3 saturated carbocycles. The Labute approximate surface area is 180 Å². The van der Waals surface area contributed by atoms with Crippen molar-refractivity contribution in [3.8, 4) is 0 Å². The van der Waals surface area contributed by atoms with E-state index in [1.165, 1.54) is 56.1 Å². The molecular formula is C28H46O. The standard InChI is InChI=1S/C28H46O/c1-19(2)20(3)9-10-22(5)26-15-16-27-23(8-7-17-28(26,27)6)12-13-24-18-25(29)14-11-21(24)4/h12-13,19-20,22,25-27,29H,4,7-11,14-18H2,1-3,5-6H3/b23-12+,24-13-/t20-,22+,25-,26+,27+,28-/m0/s1. The predicted molar refractivity (Wildman–Crippen MR) is 126 cm³/mol. The third kappa shape index (κ3) is 5.09. The lowest BCUT2D eigenvalue weighted by Gasteiger charge is -2.44. The molecule has 1 N–H and O–H groups in total. The van der Waals surface area contributed by atoms with Crippen LogP contribution in [0.2, 0.25) is 0 Å². The molecular weight excluding hydrogens is 352 g/mol. The second-order valence-electron chi connectivity index (χ2n) is 11.3. The molecule has 0 aromatic carbocycles. The third-order valence-corrected chi connectivity index (χ3v) is 9.13. The smallest absolute Gasteiger partial charge is 0.0583 e. The van der Waals surface area contributed by atoms with Crippen molar-refractivity contribution in [3.63, 3.8) is 0 Å². The first-order chi connectivity index (χ1) is 13.7. The second-order valence-corrected chi connectivity index (χ2v) is 11.3. The summed E-state index contributed by atoms with van der Waals surface area (Å²) < 4.78 is 0. The van der Waals surface area contributed by atoms with Crippen LogP contribution in [-0.4, -0.2) is 11.2 Å². The lowest BCUT2D eigenvalue weighted by Crippen LogP contribution is -2.36. The normalized spacial score (nSPS) is 37.9. The minimum Gasteiger partial charge on any atom is -0.393 e. The highest BCUT2D eigenvalue weighted by Gasteiger charge is 2.50. The van der Waals surface area contributed by atoms with Gasteiger partial charge in [-0.3, -0.25) is 0 Å². The summed E-state index contributed by atoms with van der Waals surface area (Å²) in [6, 6.07) is 0. The fraction of sp³-hybridized carbons (Fsp3) is 0.786. The van der Waals surface area contributed by atoms with Crippen LogP contribution in [0, 0.1) is 35.0 Å². The van der Waals surface area contributed by atoms with E-state index in [9.17, 15) is 5.11 Å². The molecule has 164 valence electrons. The maximum atomic E-state index is 10.0. The number of hydrogen-bond donors (Lipinski definition) is 1. The zero-order chi connectivity index (χ0) is 21.2. The van der Waals surface area contributed by atoms with Crippen molar-refractivity contribution >= 4 is 0 Å². The Balaban J connectivity index is 1.70. The van der Waals surface area contributed by atoms with Gasteiger partial charge in [-0.1, -0.05) is 77.3 Å². The number of allylic oxidation sites excluding steroid dienone is 4. The summed E-state index contributed by atoms with van der Waals surface area (Å²) in [7, 11) is 0. The Morgan fingerprint density at radius 1 is 1.07 bits per heavy atom. The van der Waals surface area contributed by atoms with Crippen molar-refractivity contribution in [1.82, 2.24) is 0 Å². The summed E-state index contributed by atoms with van der Waals surface area (Å²) in [5, 5.41) is 10.0. The highest BCUT2D eigenvalue weighted by Crippen LogP contribution is 2.60. The molecule has 1 heteroatoms. The SMILES string of the molecule is C=C1CC[C@H](O)C/C1=C/C=C1\CCC[C@]2(C)[C@@H]1CC[C@@H]2[C@H](C)CC[C@H](C)C(C)C. The molecule has 3 aliphatic carbocycles. The zero-order valence-electron chi connectivity index (χ0n) is 19.8. The Kier molecular flexibility index (Phi) is 7.52. The van der Waals surface area contributed by atoms with Crippen molar-refractivity contribution in [2.75, 3.05) is 0 Å². The van der Waals surface area contributed by atoms with Crippen molar-refractivity contribution in [2.45, 2.75) is 105 Å². The van der Waals surface area contributed by atoms with Gasteiger partial charge in [-0.15, -0.1) is 0 Å². The van der Waals surface area contributed by atoms with Crippen molar-refractivity contribution in [1.29, 1.82) is 0 Å². The first-order valence-electron chi connectivity index (χ1n) is 12.5. The largest absolute Gasteiger partial charge is 0.393 e. The van der Waals surface area contributed by atoms with Gasteiger partial charge in [0.05, 0.1) is 6.10 Å². The third-order valence-electron chi connectivity index (χ3n) is 9.13. The monoisotopic (exact) mass is 398 g/mol. The van der Waals surface area contributed by atoms with Crippen LogP contribution in [0.5, 0.6) is 0 Å². The molecule has 3 fully saturated rings. The van der Waals surface area contributed by atoms with Crippen LogP contribution in [0.25, 0.3) is 0 Å². The molecule has 0 aromatic heterocycles. The van der Waals surface area contributed by atoms with Crippen LogP contribution in [0.15, 0.2) is 35.5 Å². The molecule has 0 saturated heterocycles. The van der Waals surface area contributed by atoms with Gasteiger partial charge >= 0.3 is 0 Å². The van der Waals surface area contributed by atoms with Gasteiger partial charge in [-0.25, -0.2) is 0 Å². The van der Waals surface area contributed by atoms with Gasteiger partial charge in [0.2, 0.25) is 0 Å². The summed E-state index contributed by atoms with van der Waals surface area (Å²) >= 11 is 0. The number of rotatable bonds is 6. The van der Waals surface area contributed by atoms with Gasteiger partial charge < -0.3 is 5.11 Å². The lowest BCUT2D eigenvalue weighted by atomic mass is 9.60. The molecule has 3 aliphatic rings. The van der Waals surface area contributed by atoms with Crippen LogP contribution in [0.4, 0.5) is 0 Å². The van der Waals surface area contributed by atoms with Gasteiger partial charge in [0.15, 0.2) is 0 Å². The molecule has 0 bridgehead atoms. The van der Waals surface area contributed by atoms with Crippen molar-refractivity contribution in [2.24, 2.45) is 35.0 Å². The Morgan fingerprint density at radius 3 is 2.55 bits per heavy atom. The zero-order valence-corrected chi connectivity index (χ0v) is 19.8. The maximum Gasteiger partial charge on any atom is 0.0583 e. The first kappa shape index (κ1) is 22.9. The first-order valence-corrected chi connectivity index (χ1v) is 12.5. The lowest BCUT2D eigenvalue weighted by molar-refractivity contribution is 0.0907. The summed E-state index contributed by atoms with van der Waals surface area (Å²) in [4.78, 5) is 0. The Morgan fingerprint density at radius 2 is 1.83 bits per heavy atom. The molecule has 0 heterocycles. The van der Waals surface area contributed by atoms with E-state index in [2.05, 4.69) is 53.3 Å². The van der Waals surface area contributed by atoms with Crippen LogP contribution < -0.4 is 0 Å². The summed E-state index contributed by atoms with van der Waals surface area (Å²) in [5.41, 5.74) is 4.70. The van der Waals surface area contributed by atoms with Gasteiger partial charge in [0, 0.05) is 0 Å². The fourth-order valence-corrected chi connectivity index (χ4v) is 6.67. The maximum absolute atomic E-state index is 10.0. The molecule has 0 aliphatic heterocycles. The molecule has 3 rings (SSSR count). The summed E-state index contributed by atoms with van der Waals surface area (Å²) in [6.45, 7) is 16.6. The van der Waals surface area contributed by atoms with Crippen molar-refractivity contribution in [3.05, 3.63) is 35.5 Å². The van der Waals surface area contributed by atoms with E-state index in [0.717, 1.165) is 48.9 Å². The molecule has 0 aromatic rings. The van der Waals surface area contributed by atoms with Crippen LogP contribution in [0.1, 0.15) is 98.8 Å². The Hall–Kier alpha value is -0.820. The number of aliphatic hydroxyl groups is 1. The minimum atomic E-state index is -0.174. The Bertz CT molecular complexity index is 639. The average molecular weight is 399 g/mol. The van der Waals surface area contributed by atoms with E-state index in [1.54, 1.807) is 5.57 Å². The van der Waals surface area contributed by atoms with Gasteiger partial charge in [0.25, 0.3) is 0 Å². The van der Waals surface area contributed by atoms with E-state index >= 15 is 0 Å². The molecule has 0 radical (unpaired) electrons. The average Bonchev–Trinajstić information content (AvgIpc) is 3.04. The van der Waals surface area contributed by atoms with Crippen LogP contribution in [-0.2, 0) is 0 Å². The molecule has 6 atom stereocenters. The van der Waals surface area contributed by atoms with E-state index in [4.69, 9.17) is 0 Å². The van der Waals surface area contributed by atoms with E-state index in [-0.39, 0.29) is 6.10 Å². The molecule has 0 amide bonds. The van der Waals surface area contributed by atoms with E-state index < -0.39 is 0 Å². The molecule has 0 spiro atoms.